The smallest absolute Gasteiger partial charge is 0.243 e. The molecule has 0 radical (unpaired) electrons. The average Bonchev–Trinajstić information content (AvgIpc) is 3.17. The Labute approximate surface area is 113 Å². The molecule has 1 aromatic carbocycles. The van der Waals surface area contributed by atoms with Crippen LogP contribution in [0, 0.1) is 18.7 Å². The summed E-state index contributed by atoms with van der Waals surface area (Å²) in [4.78, 5) is -0.0165. The number of hydrogen-bond acceptors (Lipinski definition) is 3. The van der Waals surface area contributed by atoms with Crippen LogP contribution in [0.15, 0.2) is 23.1 Å². The van der Waals surface area contributed by atoms with Crippen LogP contribution in [-0.4, -0.2) is 32.4 Å². The third kappa shape index (κ3) is 2.80. The zero-order valence-corrected chi connectivity index (χ0v) is 12.0. The predicted octanol–water partition coefficient (Wildman–Crippen LogP) is 1.49. The minimum atomic E-state index is -3.68. The van der Waals surface area contributed by atoms with Crippen LogP contribution < -0.4 is 5.73 Å². The van der Waals surface area contributed by atoms with Gasteiger partial charge in [0.25, 0.3) is 0 Å². The number of nitrogens with zero attached hydrogens (tertiary/aromatic N) is 1. The van der Waals surface area contributed by atoms with E-state index in [0.29, 0.717) is 11.5 Å². The van der Waals surface area contributed by atoms with Crippen LogP contribution in [0.3, 0.4) is 0 Å². The maximum absolute atomic E-state index is 13.5. The lowest BCUT2D eigenvalue weighted by Crippen LogP contribution is -2.43. The molecule has 106 valence electrons. The molecule has 0 aliphatic heterocycles. The van der Waals surface area contributed by atoms with E-state index in [1.165, 1.54) is 23.5 Å². The third-order valence-electron chi connectivity index (χ3n) is 3.69. The highest BCUT2D eigenvalue weighted by Crippen LogP contribution is 2.36. The van der Waals surface area contributed by atoms with Crippen molar-refractivity contribution < 1.29 is 12.8 Å². The molecule has 0 amide bonds. The molecule has 1 unspecified atom stereocenters. The molecule has 1 aliphatic rings. The lowest BCUT2D eigenvalue weighted by atomic mass is 10.2. The maximum Gasteiger partial charge on any atom is 0.243 e. The summed E-state index contributed by atoms with van der Waals surface area (Å²) in [6, 6.07) is 3.78. The van der Waals surface area contributed by atoms with Crippen LogP contribution in [0.25, 0.3) is 0 Å². The lowest BCUT2D eigenvalue weighted by Gasteiger charge is -2.26. The first-order valence-electron chi connectivity index (χ1n) is 6.32. The van der Waals surface area contributed by atoms with Crippen LogP contribution in [0.5, 0.6) is 0 Å². The average molecular weight is 286 g/mol. The number of rotatable bonds is 5. The second kappa shape index (κ2) is 5.19. The van der Waals surface area contributed by atoms with Gasteiger partial charge < -0.3 is 5.73 Å². The summed E-state index contributed by atoms with van der Waals surface area (Å²) < 4.78 is 39.7. The quantitative estimate of drug-likeness (QED) is 0.892. The van der Waals surface area contributed by atoms with Gasteiger partial charge in [-0.1, -0.05) is 6.07 Å². The summed E-state index contributed by atoms with van der Waals surface area (Å²) in [5, 5.41) is 0. The number of sulfonamides is 1. The number of aryl methyl sites for hydroxylation is 1. The summed E-state index contributed by atoms with van der Waals surface area (Å²) in [7, 11) is -2.16. The van der Waals surface area contributed by atoms with Gasteiger partial charge >= 0.3 is 0 Å². The molecule has 1 saturated carbocycles. The highest BCUT2D eigenvalue weighted by molar-refractivity contribution is 7.89. The number of halogens is 1. The minimum absolute atomic E-state index is 0.0165. The first-order valence-corrected chi connectivity index (χ1v) is 7.76. The zero-order valence-electron chi connectivity index (χ0n) is 11.1. The van der Waals surface area contributed by atoms with Crippen molar-refractivity contribution in [2.45, 2.75) is 30.7 Å². The highest BCUT2D eigenvalue weighted by Gasteiger charge is 2.38. The fourth-order valence-corrected chi connectivity index (χ4v) is 3.64. The Bertz CT molecular complexity index is 570. The van der Waals surface area contributed by atoms with E-state index >= 15 is 0 Å². The summed E-state index contributed by atoms with van der Waals surface area (Å²) in [6.07, 6.45) is 2.01. The second-order valence-electron chi connectivity index (χ2n) is 5.07. The Morgan fingerprint density at radius 2 is 2.11 bits per heavy atom. The third-order valence-corrected chi connectivity index (χ3v) is 5.57. The minimum Gasteiger partial charge on any atom is -0.329 e. The first-order chi connectivity index (χ1) is 8.87. The first kappa shape index (κ1) is 14.4. The van der Waals surface area contributed by atoms with Gasteiger partial charge in [0.2, 0.25) is 10.0 Å². The Kier molecular flexibility index (Phi) is 3.94. The van der Waals surface area contributed by atoms with Gasteiger partial charge in [-0.15, -0.1) is 0 Å². The lowest BCUT2D eigenvalue weighted by molar-refractivity contribution is 0.340. The predicted molar refractivity (Wildman–Crippen MR) is 71.7 cm³/mol. The van der Waals surface area contributed by atoms with Gasteiger partial charge in [-0.3, -0.25) is 0 Å². The molecular formula is C13H19FN2O2S. The molecule has 2 rings (SSSR count). The van der Waals surface area contributed by atoms with E-state index in [0.717, 1.165) is 18.9 Å². The van der Waals surface area contributed by atoms with Crippen LogP contribution >= 0.6 is 0 Å². The SMILES string of the molecule is Cc1ccc(S(=O)(=O)N(C)C(CN)C2CC2)cc1F. The van der Waals surface area contributed by atoms with Gasteiger partial charge in [-0.05, 0) is 43.4 Å². The Morgan fingerprint density at radius 3 is 2.58 bits per heavy atom. The van der Waals surface area contributed by atoms with Crippen molar-refractivity contribution in [3.63, 3.8) is 0 Å². The van der Waals surface area contributed by atoms with E-state index in [2.05, 4.69) is 0 Å². The molecule has 6 heteroatoms. The fraction of sp³-hybridized carbons (Fsp3) is 0.538. The summed E-state index contributed by atoms with van der Waals surface area (Å²) in [5.41, 5.74) is 6.09. The molecule has 0 saturated heterocycles. The number of benzene rings is 1. The van der Waals surface area contributed by atoms with E-state index < -0.39 is 15.8 Å². The van der Waals surface area contributed by atoms with Crippen LogP contribution in [0.2, 0.25) is 0 Å². The van der Waals surface area contributed by atoms with Gasteiger partial charge in [0.15, 0.2) is 0 Å². The highest BCUT2D eigenvalue weighted by atomic mass is 32.2. The van der Waals surface area contributed by atoms with Crippen molar-refractivity contribution in [2.24, 2.45) is 11.7 Å². The van der Waals surface area contributed by atoms with Crippen LogP contribution in [-0.2, 0) is 10.0 Å². The van der Waals surface area contributed by atoms with Gasteiger partial charge in [-0.25, -0.2) is 12.8 Å². The molecule has 4 nitrogen and oxygen atoms in total. The van der Waals surface area contributed by atoms with Gasteiger partial charge in [-0.2, -0.15) is 4.31 Å². The molecule has 1 aromatic rings. The fourth-order valence-electron chi connectivity index (χ4n) is 2.20. The molecule has 0 heterocycles. The standard InChI is InChI=1S/C13H19FN2O2S/c1-9-3-6-11(7-12(9)14)19(17,18)16(2)13(8-15)10-4-5-10/h3,6-7,10,13H,4-5,8,15H2,1-2H3. The van der Waals surface area contributed by atoms with Crippen molar-refractivity contribution in [3.05, 3.63) is 29.6 Å². The van der Waals surface area contributed by atoms with E-state index in [9.17, 15) is 12.8 Å². The van der Waals surface area contributed by atoms with Crippen molar-refractivity contribution in [1.29, 1.82) is 0 Å². The summed E-state index contributed by atoms with van der Waals surface area (Å²) >= 11 is 0. The number of nitrogens with two attached hydrogens (primary N) is 1. The largest absolute Gasteiger partial charge is 0.329 e. The Morgan fingerprint density at radius 1 is 1.47 bits per heavy atom. The summed E-state index contributed by atoms with van der Waals surface area (Å²) in [5.74, 6) is -0.176. The topological polar surface area (TPSA) is 63.4 Å². The Hall–Kier alpha value is -0.980. The van der Waals surface area contributed by atoms with Crippen molar-refractivity contribution in [2.75, 3.05) is 13.6 Å². The van der Waals surface area contributed by atoms with Gasteiger partial charge in [0.05, 0.1) is 4.90 Å². The van der Waals surface area contributed by atoms with Gasteiger partial charge in [0.1, 0.15) is 5.82 Å². The number of hydrogen-bond donors (Lipinski definition) is 1. The molecule has 1 aliphatic carbocycles. The molecule has 2 N–H and O–H groups in total. The van der Waals surface area contributed by atoms with E-state index in [4.69, 9.17) is 5.73 Å². The Balaban J connectivity index is 2.32. The van der Waals surface area contributed by atoms with Gasteiger partial charge in [0, 0.05) is 19.6 Å². The molecule has 1 atom stereocenters. The molecule has 0 aromatic heterocycles. The van der Waals surface area contributed by atoms with E-state index in [1.54, 1.807) is 6.92 Å². The van der Waals surface area contributed by atoms with Crippen molar-refractivity contribution in [3.8, 4) is 0 Å². The maximum atomic E-state index is 13.5. The van der Waals surface area contributed by atoms with Crippen molar-refractivity contribution >= 4 is 10.0 Å². The van der Waals surface area contributed by atoms with E-state index in [-0.39, 0.29) is 17.5 Å². The van der Waals surface area contributed by atoms with E-state index in [1.807, 2.05) is 0 Å². The second-order valence-corrected chi connectivity index (χ2v) is 7.07. The molecule has 0 spiro atoms. The molecule has 1 fully saturated rings. The normalized spacial score (nSPS) is 17.7. The molecular weight excluding hydrogens is 267 g/mol. The molecule has 19 heavy (non-hydrogen) atoms. The molecule has 0 bridgehead atoms. The van der Waals surface area contributed by atoms with Crippen molar-refractivity contribution in [1.82, 2.24) is 4.31 Å². The monoisotopic (exact) mass is 286 g/mol. The van der Waals surface area contributed by atoms with Crippen LogP contribution in [0.1, 0.15) is 18.4 Å². The van der Waals surface area contributed by atoms with Crippen LogP contribution in [0.4, 0.5) is 4.39 Å². The number of likely N-dealkylation sites (N-methyl/N-ethyl adjacent to an activating group) is 1. The summed E-state index contributed by atoms with van der Waals surface area (Å²) in [6.45, 7) is 1.89. The zero-order chi connectivity index (χ0) is 14.2.